The van der Waals surface area contributed by atoms with Crippen LogP contribution < -0.4 is 11.1 Å². The molecule has 0 radical (unpaired) electrons. The third kappa shape index (κ3) is 2.83. The lowest BCUT2D eigenvalue weighted by molar-refractivity contribution is 0.628. The molecule has 2 nitrogen and oxygen atoms in total. The molecule has 1 unspecified atom stereocenters. The molecule has 1 aliphatic rings. The fourth-order valence-corrected chi connectivity index (χ4v) is 2.61. The Bertz CT molecular complexity index is 576. The second-order valence-corrected chi connectivity index (χ2v) is 5.34. The molecule has 1 atom stereocenters. The van der Waals surface area contributed by atoms with E-state index in [0.29, 0.717) is 12.5 Å². The highest BCUT2D eigenvalue weighted by molar-refractivity contribution is 5.47. The molecule has 0 spiro atoms. The van der Waals surface area contributed by atoms with Crippen LogP contribution in [-0.4, -0.2) is 6.54 Å². The van der Waals surface area contributed by atoms with Crippen LogP contribution in [0.4, 0.5) is 10.1 Å². The minimum Gasteiger partial charge on any atom is -0.377 e. The molecule has 1 saturated carbocycles. The molecule has 104 valence electrons. The Kier molecular flexibility index (Phi) is 3.70. The highest BCUT2D eigenvalue weighted by Gasteiger charge is 2.27. The van der Waals surface area contributed by atoms with E-state index in [1.807, 2.05) is 0 Å². The summed E-state index contributed by atoms with van der Waals surface area (Å²) in [5, 5.41) is 3.40. The molecule has 0 amide bonds. The monoisotopic (exact) mass is 270 g/mol. The summed E-state index contributed by atoms with van der Waals surface area (Å²) in [6.45, 7) is 0.515. The summed E-state index contributed by atoms with van der Waals surface area (Å²) in [6, 6.07) is 15.0. The van der Waals surface area contributed by atoms with E-state index >= 15 is 0 Å². The molecule has 3 rings (SSSR count). The highest BCUT2D eigenvalue weighted by Crippen LogP contribution is 2.43. The van der Waals surface area contributed by atoms with Gasteiger partial charge in [-0.3, -0.25) is 0 Å². The Balaban J connectivity index is 1.84. The average Bonchev–Trinajstić information content (AvgIpc) is 3.31. The molecule has 0 aliphatic heterocycles. The number of halogens is 1. The van der Waals surface area contributed by atoms with E-state index in [2.05, 4.69) is 29.6 Å². The average molecular weight is 270 g/mol. The molecule has 1 fully saturated rings. The molecule has 1 aliphatic carbocycles. The van der Waals surface area contributed by atoms with Gasteiger partial charge in [-0.2, -0.15) is 0 Å². The third-order valence-electron chi connectivity index (χ3n) is 3.81. The van der Waals surface area contributed by atoms with Gasteiger partial charge in [0, 0.05) is 12.2 Å². The van der Waals surface area contributed by atoms with Crippen molar-refractivity contribution in [2.75, 3.05) is 11.9 Å². The predicted molar refractivity (Wildman–Crippen MR) is 80.2 cm³/mol. The molecular formula is C17H19FN2. The molecule has 0 saturated heterocycles. The van der Waals surface area contributed by atoms with Gasteiger partial charge in [-0.15, -0.1) is 0 Å². The van der Waals surface area contributed by atoms with E-state index < -0.39 is 0 Å². The normalized spacial score (nSPS) is 15.9. The van der Waals surface area contributed by atoms with Crippen molar-refractivity contribution in [3.63, 3.8) is 0 Å². The number of nitrogens with two attached hydrogens (primary N) is 1. The number of rotatable bonds is 5. The quantitative estimate of drug-likeness (QED) is 0.867. The number of benzene rings is 2. The van der Waals surface area contributed by atoms with Gasteiger partial charge in [0.25, 0.3) is 0 Å². The Morgan fingerprint density at radius 1 is 1.10 bits per heavy atom. The van der Waals surface area contributed by atoms with Crippen molar-refractivity contribution in [1.29, 1.82) is 0 Å². The van der Waals surface area contributed by atoms with Gasteiger partial charge < -0.3 is 11.1 Å². The van der Waals surface area contributed by atoms with Gasteiger partial charge in [-0.25, -0.2) is 4.39 Å². The minimum absolute atomic E-state index is 0.0669. The topological polar surface area (TPSA) is 38.0 Å². The van der Waals surface area contributed by atoms with Crippen molar-refractivity contribution in [1.82, 2.24) is 0 Å². The van der Waals surface area contributed by atoms with Gasteiger partial charge in [0.2, 0.25) is 0 Å². The fraction of sp³-hybridized carbons (Fsp3) is 0.294. The Morgan fingerprint density at radius 2 is 1.80 bits per heavy atom. The molecule has 2 aromatic rings. The lowest BCUT2D eigenvalue weighted by Crippen LogP contribution is -2.21. The SMILES string of the molecule is NCC(Nc1ccc(F)cc1)c1ccccc1C1CC1. The number of anilines is 1. The molecular weight excluding hydrogens is 251 g/mol. The highest BCUT2D eigenvalue weighted by atomic mass is 19.1. The lowest BCUT2D eigenvalue weighted by Gasteiger charge is -2.21. The van der Waals surface area contributed by atoms with Gasteiger partial charge in [0.15, 0.2) is 0 Å². The van der Waals surface area contributed by atoms with Crippen LogP contribution in [0.5, 0.6) is 0 Å². The zero-order valence-electron chi connectivity index (χ0n) is 11.4. The van der Waals surface area contributed by atoms with Crippen molar-refractivity contribution in [2.45, 2.75) is 24.8 Å². The maximum atomic E-state index is 13.0. The molecule has 2 aromatic carbocycles. The van der Waals surface area contributed by atoms with Crippen LogP contribution in [0.15, 0.2) is 48.5 Å². The molecule has 3 N–H and O–H groups in total. The Hall–Kier alpha value is -1.87. The van der Waals surface area contributed by atoms with Crippen LogP contribution in [0.25, 0.3) is 0 Å². The third-order valence-corrected chi connectivity index (χ3v) is 3.81. The van der Waals surface area contributed by atoms with E-state index in [9.17, 15) is 4.39 Å². The first kappa shape index (κ1) is 13.1. The molecule has 20 heavy (non-hydrogen) atoms. The van der Waals surface area contributed by atoms with Crippen molar-refractivity contribution < 1.29 is 4.39 Å². The summed E-state index contributed by atoms with van der Waals surface area (Å²) in [7, 11) is 0. The summed E-state index contributed by atoms with van der Waals surface area (Å²) in [6.07, 6.45) is 2.54. The van der Waals surface area contributed by atoms with Gasteiger partial charge in [-0.05, 0) is 54.2 Å². The minimum atomic E-state index is -0.224. The van der Waals surface area contributed by atoms with Crippen LogP contribution in [0.3, 0.4) is 0 Å². The van der Waals surface area contributed by atoms with Gasteiger partial charge >= 0.3 is 0 Å². The van der Waals surface area contributed by atoms with Crippen LogP contribution in [-0.2, 0) is 0 Å². The van der Waals surface area contributed by atoms with Gasteiger partial charge in [0.1, 0.15) is 5.82 Å². The van der Waals surface area contributed by atoms with Crippen LogP contribution in [0, 0.1) is 5.82 Å². The first-order chi connectivity index (χ1) is 9.78. The molecule has 3 heteroatoms. The first-order valence-electron chi connectivity index (χ1n) is 7.09. The second kappa shape index (κ2) is 5.63. The van der Waals surface area contributed by atoms with Crippen molar-refractivity contribution in [3.05, 3.63) is 65.5 Å². The zero-order chi connectivity index (χ0) is 13.9. The first-order valence-corrected chi connectivity index (χ1v) is 7.09. The van der Waals surface area contributed by atoms with Crippen molar-refractivity contribution in [2.24, 2.45) is 5.73 Å². The van der Waals surface area contributed by atoms with Gasteiger partial charge in [-0.1, -0.05) is 24.3 Å². The summed E-state index contributed by atoms with van der Waals surface area (Å²) in [5.74, 6) is 0.466. The number of nitrogens with one attached hydrogen (secondary N) is 1. The predicted octanol–water partition coefficient (Wildman–Crippen LogP) is 3.82. The fourth-order valence-electron chi connectivity index (χ4n) is 2.61. The van der Waals surface area contributed by atoms with E-state index in [0.717, 1.165) is 5.69 Å². The number of hydrogen-bond donors (Lipinski definition) is 2. The second-order valence-electron chi connectivity index (χ2n) is 5.34. The standard InChI is InChI=1S/C17H19FN2/c18-13-7-9-14(10-8-13)20-17(11-19)16-4-2-1-3-15(16)12-5-6-12/h1-4,7-10,12,17,20H,5-6,11,19H2. The van der Waals surface area contributed by atoms with Crippen molar-refractivity contribution in [3.8, 4) is 0 Å². The summed E-state index contributed by atoms with van der Waals surface area (Å²) in [4.78, 5) is 0. The largest absolute Gasteiger partial charge is 0.377 e. The lowest BCUT2D eigenvalue weighted by atomic mass is 9.97. The number of hydrogen-bond acceptors (Lipinski definition) is 2. The Labute approximate surface area is 118 Å². The Morgan fingerprint density at radius 3 is 2.45 bits per heavy atom. The van der Waals surface area contributed by atoms with E-state index in [4.69, 9.17) is 5.73 Å². The van der Waals surface area contributed by atoms with E-state index in [-0.39, 0.29) is 11.9 Å². The van der Waals surface area contributed by atoms with Crippen molar-refractivity contribution >= 4 is 5.69 Å². The van der Waals surface area contributed by atoms with E-state index in [1.165, 1.54) is 36.1 Å². The maximum Gasteiger partial charge on any atom is 0.123 e. The maximum absolute atomic E-state index is 13.0. The summed E-state index contributed by atoms with van der Waals surface area (Å²) in [5.41, 5.74) is 9.50. The van der Waals surface area contributed by atoms with Crippen LogP contribution >= 0.6 is 0 Å². The van der Waals surface area contributed by atoms with Crippen LogP contribution in [0.2, 0.25) is 0 Å². The van der Waals surface area contributed by atoms with Gasteiger partial charge in [0.05, 0.1) is 6.04 Å². The van der Waals surface area contributed by atoms with Crippen LogP contribution in [0.1, 0.15) is 35.9 Å². The smallest absolute Gasteiger partial charge is 0.123 e. The summed E-state index contributed by atoms with van der Waals surface area (Å²) >= 11 is 0. The molecule has 0 aromatic heterocycles. The zero-order valence-corrected chi connectivity index (χ0v) is 11.4. The molecule has 0 bridgehead atoms. The van der Waals surface area contributed by atoms with E-state index in [1.54, 1.807) is 12.1 Å². The molecule has 0 heterocycles. The summed E-state index contributed by atoms with van der Waals surface area (Å²) < 4.78 is 13.0.